The van der Waals surface area contributed by atoms with Crippen LogP contribution in [0.25, 0.3) is 0 Å². The van der Waals surface area contributed by atoms with Crippen molar-refractivity contribution in [3.8, 4) is 0 Å². The molecule has 0 amide bonds. The molecule has 1 saturated carbocycles. The van der Waals surface area contributed by atoms with Gasteiger partial charge in [-0.2, -0.15) is 0 Å². The van der Waals surface area contributed by atoms with Gasteiger partial charge in [0.2, 0.25) is 0 Å². The number of fused-ring (bicyclic) bond motifs is 1. The summed E-state index contributed by atoms with van der Waals surface area (Å²) >= 11 is 0. The maximum Gasteiger partial charge on any atom is 0.250 e. The Morgan fingerprint density at radius 1 is 1.03 bits per heavy atom. The highest BCUT2D eigenvalue weighted by Crippen LogP contribution is 2.34. The van der Waals surface area contributed by atoms with Crippen molar-refractivity contribution in [2.75, 3.05) is 18.0 Å². The Kier molecular flexibility index (Phi) is 5.82. The lowest BCUT2D eigenvalue weighted by atomic mass is 9.98. The van der Waals surface area contributed by atoms with Gasteiger partial charge in [-0.1, -0.05) is 19.9 Å². The van der Waals surface area contributed by atoms with Gasteiger partial charge < -0.3 is 9.47 Å². The first-order chi connectivity index (χ1) is 13.9. The van der Waals surface area contributed by atoms with Crippen LogP contribution >= 0.6 is 0 Å². The molecular weight excluding hydrogens is 358 g/mol. The lowest BCUT2D eigenvalue weighted by molar-refractivity contribution is 0.244. The molecule has 4 nitrogen and oxygen atoms in total. The highest BCUT2D eigenvalue weighted by atomic mass is 16.1. The van der Waals surface area contributed by atoms with Crippen LogP contribution in [0, 0.1) is 11.8 Å². The van der Waals surface area contributed by atoms with Gasteiger partial charge >= 0.3 is 0 Å². The molecule has 1 aromatic carbocycles. The lowest BCUT2D eigenvalue weighted by Crippen LogP contribution is -2.33. The third-order valence-corrected chi connectivity index (χ3v) is 6.10. The second kappa shape index (κ2) is 8.35. The van der Waals surface area contributed by atoms with Crippen molar-refractivity contribution in [3.63, 3.8) is 0 Å². The van der Waals surface area contributed by atoms with Gasteiger partial charge in [-0.15, -0.1) is 0 Å². The summed E-state index contributed by atoms with van der Waals surface area (Å²) < 4.78 is 1.85. The molecule has 156 valence electrons. The molecule has 1 aromatic heterocycles. The molecule has 2 aromatic rings. The summed E-state index contributed by atoms with van der Waals surface area (Å²) in [4.78, 5) is 17.3. The first kappa shape index (κ1) is 20.2. The molecule has 4 rings (SSSR count). The van der Waals surface area contributed by atoms with E-state index in [4.69, 9.17) is 0 Å². The fraction of sp³-hybridized carbons (Fsp3) is 0.560. The Balaban J connectivity index is 1.63. The van der Waals surface area contributed by atoms with Gasteiger partial charge in [-0.3, -0.25) is 9.69 Å². The zero-order valence-corrected chi connectivity index (χ0v) is 18.4. The molecule has 0 unspecified atom stereocenters. The molecule has 0 radical (unpaired) electrons. The first-order valence-corrected chi connectivity index (χ1v) is 11.2. The highest BCUT2D eigenvalue weighted by molar-refractivity contribution is 5.64. The summed E-state index contributed by atoms with van der Waals surface area (Å²) in [7, 11) is 0. The van der Waals surface area contributed by atoms with Gasteiger partial charge in [0.25, 0.3) is 5.56 Å². The monoisotopic (exact) mass is 393 g/mol. The fourth-order valence-electron chi connectivity index (χ4n) is 4.52. The van der Waals surface area contributed by atoms with E-state index in [1.54, 1.807) is 6.07 Å². The number of rotatable bonds is 7. The highest BCUT2D eigenvalue weighted by Gasteiger charge is 2.26. The molecule has 0 N–H and O–H groups in total. The minimum atomic E-state index is 0.0762. The van der Waals surface area contributed by atoms with Gasteiger partial charge in [0.15, 0.2) is 0 Å². The molecule has 29 heavy (non-hydrogen) atoms. The Labute approximate surface area is 175 Å². The van der Waals surface area contributed by atoms with Crippen molar-refractivity contribution < 1.29 is 0 Å². The van der Waals surface area contributed by atoms with E-state index in [9.17, 15) is 4.79 Å². The van der Waals surface area contributed by atoms with Crippen LogP contribution in [-0.4, -0.2) is 28.6 Å². The largest absolute Gasteiger partial charge is 0.338 e. The van der Waals surface area contributed by atoms with E-state index in [1.165, 1.54) is 42.7 Å². The van der Waals surface area contributed by atoms with Gasteiger partial charge in [0.05, 0.1) is 5.69 Å². The zero-order chi connectivity index (χ0) is 20.5. The maximum absolute atomic E-state index is 12.3. The normalized spacial score (nSPS) is 17.0. The zero-order valence-electron chi connectivity index (χ0n) is 18.4. The molecular formula is C25H35N3O. The molecule has 0 saturated heterocycles. The number of aromatic nitrogens is 1. The molecule has 1 fully saturated rings. The minimum absolute atomic E-state index is 0.0762. The smallest absolute Gasteiger partial charge is 0.250 e. The number of pyridine rings is 1. The number of benzene rings is 1. The van der Waals surface area contributed by atoms with E-state index in [-0.39, 0.29) is 5.56 Å². The van der Waals surface area contributed by atoms with Gasteiger partial charge in [-0.05, 0) is 74.3 Å². The number of nitrogens with zero attached hydrogens (tertiary/aromatic N) is 3. The van der Waals surface area contributed by atoms with E-state index in [2.05, 4.69) is 55.7 Å². The Morgan fingerprint density at radius 3 is 2.48 bits per heavy atom. The van der Waals surface area contributed by atoms with E-state index in [1.807, 2.05) is 16.8 Å². The van der Waals surface area contributed by atoms with Crippen LogP contribution in [0.1, 0.15) is 51.7 Å². The van der Waals surface area contributed by atoms with Crippen molar-refractivity contribution in [1.29, 1.82) is 0 Å². The summed E-state index contributed by atoms with van der Waals surface area (Å²) in [5.41, 5.74) is 5.35. The number of hydrogen-bond acceptors (Lipinski definition) is 3. The van der Waals surface area contributed by atoms with Gasteiger partial charge in [0.1, 0.15) is 0 Å². The van der Waals surface area contributed by atoms with Crippen molar-refractivity contribution in [3.05, 3.63) is 58.0 Å². The summed E-state index contributed by atoms with van der Waals surface area (Å²) in [5.74, 6) is 1.38. The number of hydrogen-bond donors (Lipinski definition) is 0. The van der Waals surface area contributed by atoms with Crippen LogP contribution in [0.3, 0.4) is 0 Å². The topological polar surface area (TPSA) is 28.5 Å². The molecule has 0 atom stereocenters. The standard InChI is InChI=1S/C25H35N3O/c1-18(2)14-27-17-24(9-10-25(27)29)28(19(3)4)23-8-7-21-11-12-26(15-20-5-6-20)16-22(21)13-23/h7-10,13,17-20H,5-6,11-12,14-16H2,1-4H3. The quantitative estimate of drug-likeness (QED) is 0.675. The van der Waals surface area contributed by atoms with Crippen LogP contribution < -0.4 is 10.5 Å². The van der Waals surface area contributed by atoms with Crippen molar-refractivity contribution in [2.24, 2.45) is 11.8 Å². The second-order valence-electron chi connectivity index (χ2n) is 9.62. The summed E-state index contributed by atoms with van der Waals surface area (Å²) in [5, 5.41) is 0. The Hall–Kier alpha value is -2.07. The van der Waals surface area contributed by atoms with Crippen LogP contribution in [0.2, 0.25) is 0 Å². The van der Waals surface area contributed by atoms with Crippen LogP contribution in [0.5, 0.6) is 0 Å². The summed E-state index contributed by atoms with van der Waals surface area (Å²) in [6.07, 6.45) is 6.01. The van der Waals surface area contributed by atoms with E-state index in [0.717, 1.165) is 31.1 Å². The Morgan fingerprint density at radius 2 is 1.79 bits per heavy atom. The predicted octanol–water partition coefficient (Wildman–Crippen LogP) is 4.82. The van der Waals surface area contributed by atoms with E-state index in [0.29, 0.717) is 12.0 Å². The molecule has 0 spiro atoms. The third kappa shape index (κ3) is 4.75. The minimum Gasteiger partial charge on any atom is -0.338 e. The van der Waals surface area contributed by atoms with Crippen LogP contribution in [0.15, 0.2) is 41.3 Å². The third-order valence-electron chi connectivity index (χ3n) is 6.10. The van der Waals surface area contributed by atoms with Crippen molar-refractivity contribution in [1.82, 2.24) is 9.47 Å². The maximum atomic E-state index is 12.3. The summed E-state index contributed by atoms with van der Waals surface area (Å²) in [6.45, 7) is 13.0. The molecule has 2 aliphatic rings. The fourth-order valence-corrected chi connectivity index (χ4v) is 4.52. The average molecular weight is 394 g/mol. The molecule has 4 heteroatoms. The molecule has 1 aliphatic carbocycles. The van der Waals surface area contributed by atoms with Gasteiger partial charge in [-0.25, -0.2) is 0 Å². The average Bonchev–Trinajstić information content (AvgIpc) is 3.47. The lowest BCUT2D eigenvalue weighted by Gasteiger charge is -2.33. The molecule has 1 aliphatic heterocycles. The molecule has 0 bridgehead atoms. The molecule has 2 heterocycles. The predicted molar refractivity (Wildman–Crippen MR) is 121 cm³/mol. The van der Waals surface area contributed by atoms with Crippen molar-refractivity contribution in [2.45, 2.75) is 66.1 Å². The number of anilines is 2. The first-order valence-electron chi connectivity index (χ1n) is 11.2. The van der Waals surface area contributed by atoms with Crippen LogP contribution in [0.4, 0.5) is 11.4 Å². The Bertz CT molecular complexity index is 911. The van der Waals surface area contributed by atoms with Crippen LogP contribution in [-0.2, 0) is 19.5 Å². The van der Waals surface area contributed by atoms with E-state index >= 15 is 0 Å². The van der Waals surface area contributed by atoms with Gasteiger partial charge in [0, 0.05) is 50.2 Å². The van der Waals surface area contributed by atoms with Crippen molar-refractivity contribution >= 4 is 11.4 Å². The summed E-state index contributed by atoms with van der Waals surface area (Å²) in [6, 6.07) is 10.9. The SMILES string of the molecule is CC(C)Cn1cc(N(c2ccc3c(c2)CN(CC2CC2)CC3)C(C)C)ccc1=O. The second-order valence-corrected chi connectivity index (χ2v) is 9.62. The van der Waals surface area contributed by atoms with E-state index < -0.39 is 0 Å².